The molecule has 3 saturated carbocycles. The van der Waals surface area contributed by atoms with Gasteiger partial charge in [-0.05, 0) is 76.0 Å². The summed E-state index contributed by atoms with van der Waals surface area (Å²) in [5, 5.41) is 6.21. The number of benzene rings is 1. The Morgan fingerprint density at radius 1 is 0.600 bits per heavy atom. The van der Waals surface area contributed by atoms with Crippen molar-refractivity contribution in [2.45, 2.75) is 122 Å². The Balaban J connectivity index is 0.000000469. The summed E-state index contributed by atoms with van der Waals surface area (Å²) < 4.78 is 0. The molecular formula is C37H63N3. The summed E-state index contributed by atoms with van der Waals surface area (Å²) in [5.41, 5.74) is 4.09. The van der Waals surface area contributed by atoms with Gasteiger partial charge in [0.2, 0.25) is 0 Å². The average Bonchev–Trinajstić information content (AvgIpc) is 3.30. The fourth-order valence-corrected chi connectivity index (χ4v) is 3.86. The molecule has 0 saturated heterocycles. The molecule has 1 N–H and O–H groups in total. The van der Waals surface area contributed by atoms with Crippen LogP contribution >= 0.6 is 0 Å². The van der Waals surface area contributed by atoms with Crippen LogP contribution in [0.5, 0.6) is 0 Å². The topological polar surface area (TPSA) is 41.6 Å². The summed E-state index contributed by atoms with van der Waals surface area (Å²) in [7, 11) is 0. The molecule has 1 aromatic carbocycles. The molecule has 2 aromatic heterocycles. The lowest BCUT2D eigenvalue weighted by molar-refractivity contribution is -0.181. The zero-order valence-electron chi connectivity index (χ0n) is 28.6. The smallest absolute Gasteiger partial charge is 0.0487 e. The first-order valence-electron chi connectivity index (χ1n) is 15.0. The highest BCUT2D eigenvalue weighted by molar-refractivity contribution is 5.22. The highest BCUT2D eigenvalue weighted by Gasteiger charge is 2.61. The molecule has 2 bridgehead atoms. The van der Waals surface area contributed by atoms with Gasteiger partial charge in [0.15, 0.2) is 0 Å². The van der Waals surface area contributed by atoms with Crippen molar-refractivity contribution in [2.24, 2.45) is 27.6 Å². The van der Waals surface area contributed by atoms with Crippen LogP contribution in [0.1, 0.15) is 122 Å². The van der Waals surface area contributed by atoms with Gasteiger partial charge in [0, 0.05) is 24.8 Å². The first-order valence-corrected chi connectivity index (χ1v) is 15.0. The van der Waals surface area contributed by atoms with Crippen LogP contribution in [0.15, 0.2) is 79.4 Å². The molecule has 2 heterocycles. The number of aromatic amines is 1. The van der Waals surface area contributed by atoms with E-state index in [2.05, 4.69) is 142 Å². The molecule has 3 nitrogen and oxygen atoms in total. The van der Waals surface area contributed by atoms with Crippen LogP contribution in [0.3, 0.4) is 0 Å². The molecule has 0 amide bonds. The van der Waals surface area contributed by atoms with Crippen molar-refractivity contribution in [3.63, 3.8) is 0 Å². The fraction of sp³-hybridized carbons (Fsp3) is 0.622. The van der Waals surface area contributed by atoms with Gasteiger partial charge in [-0.3, -0.25) is 10.1 Å². The summed E-state index contributed by atoms with van der Waals surface area (Å²) >= 11 is 0. The molecular weight excluding hydrogens is 486 g/mol. The zero-order valence-corrected chi connectivity index (χ0v) is 28.6. The maximum Gasteiger partial charge on any atom is 0.0487 e. The molecule has 3 heteroatoms. The largest absolute Gasteiger partial charge is 0.286 e. The first-order chi connectivity index (χ1) is 18.1. The number of rotatable bonds is 0. The first kappa shape index (κ1) is 37.6. The number of H-pyrrole nitrogens is 1. The lowest BCUT2D eigenvalue weighted by atomic mass is 9.37. The monoisotopic (exact) mass is 550 g/mol. The molecule has 40 heavy (non-hydrogen) atoms. The van der Waals surface area contributed by atoms with Gasteiger partial charge in [-0.15, -0.1) is 0 Å². The molecule has 0 spiro atoms. The Kier molecular flexibility index (Phi) is 15.7. The van der Waals surface area contributed by atoms with Crippen LogP contribution in [0.4, 0.5) is 0 Å². The number of hydrogen-bond acceptors (Lipinski definition) is 2. The van der Waals surface area contributed by atoms with Gasteiger partial charge in [0.25, 0.3) is 0 Å². The number of nitrogens with zero attached hydrogens (tertiary/aromatic N) is 2. The molecule has 0 radical (unpaired) electrons. The standard InChI is InChI=1S/C10H14.C9H16.C5H5N.2C5H12.C3H4N2/c1-10(2,3)9-7-5-4-6-8-9;1-8(2,3)9-4-7(5-9)6-9;1-2-4-6-5-3-1;2*1-5(2,3)4;1-2-4-5-3-1/h4-8H,1-3H3;7H,4-6H2,1-3H3;1-5H;2*1-4H3;1-3H,(H,4,5). The summed E-state index contributed by atoms with van der Waals surface area (Å²) in [5.74, 6) is 1.14. The quantitative estimate of drug-likeness (QED) is 0.303. The van der Waals surface area contributed by atoms with E-state index in [9.17, 15) is 0 Å². The molecule has 3 aromatic rings. The number of aromatic nitrogens is 3. The molecule has 226 valence electrons. The fourth-order valence-electron chi connectivity index (χ4n) is 3.86. The molecule has 3 aliphatic rings. The maximum atomic E-state index is 3.78. The van der Waals surface area contributed by atoms with Gasteiger partial charge in [-0.1, -0.05) is 133 Å². The predicted molar refractivity (Wildman–Crippen MR) is 177 cm³/mol. The lowest BCUT2D eigenvalue weighted by Crippen LogP contribution is -2.58. The van der Waals surface area contributed by atoms with Crippen molar-refractivity contribution in [3.05, 3.63) is 84.9 Å². The predicted octanol–water partition coefficient (Wildman–Crippen LogP) is 11.4. The van der Waals surface area contributed by atoms with E-state index in [1.54, 1.807) is 24.8 Å². The third kappa shape index (κ3) is 19.6. The summed E-state index contributed by atoms with van der Waals surface area (Å²) in [6.07, 6.45) is 11.6. The van der Waals surface area contributed by atoms with E-state index in [1.165, 1.54) is 24.8 Å². The Morgan fingerprint density at radius 2 is 1.02 bits per heavy atom. The highest BCUT2D eigenvalue weighted by atomic mass is 15.1. The second-order valence-corrected chi connectivity index (χ2v) is 16.4. The Labute approximate surface area is 249 Å². The van der Waals surface area contributed by atoms with Crippen molar-refractivity contribution in [2.75, 3.05) is 0 Å². The van der Waals surface area contributed by atoms with E-state index in [0.29, 0.717) is 21.7 Å². The van der Waals surface area contributed by atoms with E-state index < -0.39 is 0 Å². The van der Waals surface area contributed by atoms with E-state index in [-0.39, 0.29) is 0 Å². The van der Waals surface area contributed by atoms with Gasteiger partial charge in [-0.25, -0.2) is 0 Å². The third-order valence-electron chi connectivity index (χ3n) is 6.24. The summed E-state index contributed by atoms with van der Waals surface area (Å²) in [4.78, 5) is 3.78. The van der Waals surface area contributed by atoms with Crippen molar-refractivity contribution >= 4 is 0 Å². The van der Waals surface area contributed by atoms with Crippen LogP contribution in [-0.4, -0.2) is 15.2 Å². The van der Waals surface area contributed by atoms with Gasteiger partial charge in [-0.2, -0.15) is 5.10 Å². The van der Waals surface area contributed by atoms with Crippen LogP contribution < -0.4 is 0 Å². The van der Waals surface area contributed by atoms with E-state index in [4.69, 9.17) is 0 Å². The van der Waals surface area contributed by atoms with E-state index in [0.717, 1.165) is 11.3 Å². The minimum Gasteiger partial charge on any atom is -0.286 e. The van der Waals surface area contributed by atoms with Gasteiger partial charge in [0.05, 0.1) is 0 Å². The molecule has 0 unspecified atom stereocenters. The van der Waals surface area contributed by atoms with Gasteiger partial charge in [0.1, 0.15) is 0 Å². The highest BCUT2D eigenvalue weighted by Crippen LogP contribution is 2.71. The molecule has 3 fully saturated rings. The van der Waals surface area contributed by atoms with E-state index in [1.807, 2.05) is 24.3 Å². The Bertz CT molecular complexity index is 879. The maximum absolute atomic E-state index is 3.78. The number of pyridine rings is 1. The van der Waals surface area contributed by atoms with Crippen molar-refractivity contribution in [1.82, 2.24) is 15.2 Å². The van der Waals surface area contributed by atoms with Crippen LogP contribution in [0.25, 0.3) is 0 Å². The third-order valence-corrected chi connectivity index (χ3v) is 6.24. The minimum atomic E-state index is 0.293. The van der Waals surface area contributed by atoms with E-state index >= 15 is 0 Å². The van der Waals surface area contributed by atoms with Crippen molar-refractivity contribution in [1.29, 1.82) is 0 Å². The summed E-state index contributed by atoms with van der Waals surface area (Å²) in [6, 6.07) is 18.1. The Hall–Kier alpha value is -2.42. The second-order valence-electron chi connectivity index (χ2n) is 16.4. The van der Waals surface area contributed by atoms with Crippen molar-refractivity contribution < 1.29 is 0 Å². The Morgan fingerprint density at radius 3 is 1.15 bits per heavy atom. The normalized spacial score (nSPS) is 18.8. The van der Waals surface area contributed by atoms with Crippen LogP contribution in [-0.2, 0) is 5.41 Å². The molecule has 0 atom stereocenters. The number of nitrogens with one attached hydrogen (secondary N) is 1. The second kappa shape index (κ2) is 16.7. The summed E-state index contributed by atoms with van der Waals surface area (Å²) in [6.45, 7) is 31.3. The van der Waals surface area contributed by atoms with Gasteiger partial charge < -0.3 is 0 Å². The average molecular weight is 550 g/mol. The molecule has 0 aliphatic heterocycles. The SMILES string of the molecule is CC(C)(C)C.CC(C)(C)C.CC(C)(C)C12CC(C1)C2.CC(C)(C)c1ccccc1.c1ccncc1.c1cn[nH]c1. The molecule has 6 rings (SSSR count). The van der Waals surface area contributed by atoms with Gasteiger partial charge >= 0.3 is 0 Å². The van der Waals surface area contributed by atoms with Crippen LogP contribution in [0, 0.1) is 27.6 Å². The zero-order chi connectivity index (χ0) is 31.1. The lowest BCUT2D eigenvalue weighted by Gasteiger charge is -2.68. The van der Waals surface area contributed by atoms with Crippen molar-refractivity contribution in [3.8, 4) is 0 Å². The molecule has 3 aliphatic carbocycles. The minimum absolute atomic E-state index is 0.293. The van der Waals surface area contributed by atoms with Crippen LogP contribution in [0.2, 0.25) is 0 Å². The number of hydrogen-bond donors (Lipinski definition) is 1.